The van der Waals surface area contributed by atoms with Crippen molar-refractivity contribution in [3.05, 3.63) is 35.5 Å². The smallest absolute Gasteiger partial charge is 0.321 e. The molecule has 0 saturated carbocycles. The minimum absolute atomic E-state index is 0.224. The van der Waals surface area contributed by atoms with Crippen LogP contribution in [0.2, 0.25) is 0 Å². The molecule has 0 aromatic carbocycles. The second-order valence-corrected chi connectivity index (χ2v) is 6.19. The van der Waals surface area contributed by atoms with E-state index in [0.717, 1.165) is 31.1 Å². The maximum atomic E-state index is 11.7. The summed E-state index contributed by atoms with van der Waals surface area (Å²) in [7, 11) is 0. The fourth-order valence-corrected chi connectivity index (χ4v) is 2.87. The van der Waals surface area contributed by atoms with Crippen LogP contribution in [0.1, 0.15) is 12.5 Å². The Kier molecular flexibility index (Phi) is 5.04. The lowest BCUT2D eigenvalue weighted by Gasteiger charge is -2.32. The molecule has 1 aliphatic heterocycles. The number of hydrogen-bond donors (Lipinski definition) is 2. The molecule has 8 heteroatoms. The maximum absolute atomic E-state index is 11.7. The molecule has 0 radical (unpaired) electrons. The molecule has 0 aliphatic carbocycles. The highest BCUT2D eigenvalue weighted by molar-refractivity contribution is 7.13. The number of carbonyl (C=O) groups is 1. The molecule has 3 heterocycles. The van der Waals surface area contributed by atoms with E-state index < -0.39 is 0 Å². The van der Waals surface area contributed by atoms with Crippen molar-refractivity contribution in [3.63, 3.8) is 0 Å². The Bertz CT molecular complexity index is 632. The van der Waals surface area contributed by atoms with Gasteiger partial charge in [-0.25, -0.2) is 14.8 Å². The van der Waals surface area contributed by atoms with Crippen LogP contribution in [0.5, 0.6) is 0 Å². The summed E-state index contributed by atoms with van der Waals surface area (Å²) in [4.78, 5) is 22.4. The van der Waals surface area contributed by atoms with Crippen LogP contribution < -0.4 is 15.5 Å². The minimum atomic E-state index is -0.272. The van der Waals surface area contributed by atoms with Gasteiger partial charge in [-0.3, -0.25) is 5.32 Å². The number of morpholine rings is 1. The molecule has 122 valence electrons. The first kappa shape index (κ1) is 15.7. The number of nitrogens with zero attached hydrogens (tertiary/aromatic N) is 3. The summed E-state index contributed by atoms with van der Waals surface area (Å²) < 4.78 is 5.53. The summed E-state index contributed by atoms with van der Waals surface area (Å²) in [6.07, 6.45) is 3.66. The summed E-state index contributed by atoms with van der Waals surface area (Å²) in [6, 6.07) is 3.69. The largest absolute Gasteiger partial charge is 0.375 e. The Morgan fingerprint density at radius 2 is 2.39 bits per heavy atom. The van der Waals surface area contributed by atoms with E-state index >= 15 is 0 Å². The third-order valence-corrected chi connectivity index (χ3v) is 4.17. The van der Waals surface area contributed by atoms with E-state index in [-0.39, 0.29) is 12.1 Å². The van der Waals surface area contributed by atoms with Crippen LogP contribution in [-0.2, 0) is 11.3 Å². The molecule has 3 rings (SSSR count). The Hall–Kier alpha value is -2.19. The molecule has 1 fully saturated rings. The number of ether oxygens (including phenoxy) is 1. The molecule has 1 atom stereocenters. The predicted octanol–water partition coefficient (Wildman–Crippen LogP) is 2.08. The highest BCUT2D eigenvalue weighted by Gasteiger charge is 2.17. The lowest BCUT2D eigenvalue weighted by atomic mass is 10.2. The number of aromatic nitrogens is 2. The zero-order valence-electron chi connectivity index (χ0n) is 12.9. The number of hydrogen-bond acceptors (Lipinski definition) is 6. The average molecular weight is 333 g/mol. The number of thiazole rings is 1. The lowest BCUT2D eigenvalue weighted by molar-refractivity contribution is 0.0529. The van der Waals surface area contributed by atoms with Crippen LogP contribution in [0.15, 0.2) is 29.9 Å². The van der Waals surface area contributed by atoms with Gasteiger partial charge in [-0.1, -0.05) is 6.07 Å². The van der Waals surface area contributed by atoms with Crippen LogP contribution in [0, 0.1) is 0 Å². The summed E-state index contributed by atoms with van der Waals surface area (Å²) in [5, 5.41) is 7.85. The van der Waals surface area contributed by atoms with Gasteiger partial charge in [0.2, 0.25) is 0 Å². The van der Waals surface area contributed by atoms with Crippen LogP contribution in [-0.4, -0.2) is 41.8 Å². The Morgan fingerprint density at radius 1 is 1.48 bits per heavy atom. The number of carbonyl (C=O) groups excluding carboxylic acids is 1. The van der Waals surface area contributed by atoms with Gasteiger partial charge in [0, 0.05) is 37.4 Å². The topological polar surface area (TPSA) is 79.4 Å². The Labute approximate surface area is 138 Å². The van der Waals surface area contributed by atoms with Crippen LogP contribution in [0.25, 0.3) is 0 Å². The van der Waals surface area contributed by atoms with Gasteiger partial charge in [0.15, 0.2) is 5.13 Å². The number of amides is 2. The number of rotatable bonds is 4. The van der Waals surface area contributed by atoms with Gasteiger partial charge < -0.3 is 15.0 Å². The normalized spacial score (nSPS) is 17.8. The molecule has 0 bridgehead atoms. The van der Waals surface area contributed by atoms with E-state index in [1.165, 1.54) is 11.3 Å². The van der Waals surface area contributed by atoms with Gasteiger partial charge in [-0.2, -0.15) is 0 Å². The summed E-state index contributed by atoms with van der Waals surface area (Å²) in [6.45, 7) is 4.91. The van der Waals surface area contributed by atoms with E-state index in [9.17, 15) is 4.79 Å². The van der Waals surface area contributed by atoms with Crippen molar-refractivity contribution in [2.45, 2.75) is 19.6 Å². The Balaban J connectivity index is 1.50. The second-order valence-electron chi connectivity index (χ2n) is 5.30. The monoisotopic (exact) mass is 333 g/mol. The number of anilines is 2. The van der Waals surface area contributed by atoms with Crippen molar-refractivity contribution >= 4 is 28.3 Å². The molecule has 2 N–H and O–H groups in total. The molecular formula is C15H19N5O2S. The molecule has 23 heavy (non-hydrogen) atoms. The third kappa shape index (κ3) is 4.40. The summed E-state index contributed by atoms with van der Waals surface area (Å²) >= 11 is 1.38. The quantitative estimate of drug-likeness (QED) is 0.895. The fourth-order valence-electron chi connectivity index (χ4n) is 2.34. The first-order chi connectivity index (χ1) is 11.2. The highest BCUT2D eigenvalue weighted by atomic mass is 32.1. The van der Waals surface area contributed by atoms with E-state index in [1.54, 1.807) is 12.4 Å². The summed E-state index contributed by atoms with van der Waals surface area (Å²) in [5.41, 5.74) is 0.948. The number of nitrogens with one attached hydrogen (secondary N) is 2. The zero-order valence-corrected chi connectivity index (χ0v) is 13.7. The standard InChI is InChI=1S/C15H19N5O2S/c1-11-10-20(5-6-22-11)13-3-2-12(8-17-13)9-18-14(21)19-15-16-4-7-23-15/h2-4,7-8,11H,5-6,9-10H2,1H3,(H2,16,18,19,21)/t11-/m1/s1. The van der Waals surface area contributed by atoms with Crippen molar-refractivity contribution in [2.75, 3.05) is 29.9 Å². The average Bonchev–Trinajstić information content (AvgIpc) is 3.06. The highest BCUT2D eigenvalue weighted by Crippen LogP contribution is 2.15. The molecule has 1 aliphatic rings. The van der Waals surface area contributed by atoms with Crippen molar-refractivity contribution in [1.29, 1.82) is 0 Å². The van der Waals surface area contributed by atoms with Gasteiger partial charge >= 0.3 is 6.03 Å². The van der Waals surface area contributed by atoms with Crippen molar-refractivity contribution in [1.82, 2.24) is 15.3 Å². The first-order valence-corrected chi connectivity index (χ1v) is 8.34. The zero-order chi connectivity index (χ0) is 16.1. The van der Waals surface area contributed by atoms with Crippen molar-refractivity contribution < 1.29 is 9.53 Å². The fraction of sp³-hybridized carbons (Fsp3) is 0.400. The van der Waals surface area contributed by atoms with Gasteiger partial charge in [0.25, 0.3) is 0 Å². The van der Waals surface area contributed by atoms with Crippen molar-refractivity contribution in [3.8, 4) is 0 Å². The van der Waals surface area contributed by atoms with Gasteiger partial charge in [0.05, 0.1) is 12.7 Å². The second kappa shape index (κ2) is 7.38. The molecule has 2 aromatic rings. The number of urea groups is 1. The van der Waals surface area contributed by atoms with E-state index in [4.69, 9.17) is 4.74 Å². The summed E-state index contributed by atoms with van der Waals surface area (Å²) in [5.74, 6) is 0.941. The van der Waals surface area contributed by atoms with Crippen LogP contribution in [0.4, 0.5) is 15.7 Å². The molecule has 0 unspecified atom stereocenters. The van der Waals surface area contributed by atoms with E-state index in [1.807, 2.05) is 17.5 Å². The van der Waals surface area contributed by atoms with Gasteiger partial charge in [-0.15, -0.1) is 11.3 Å². The Morgan fingerprint density at radius 3 is 3.09 bits per heavy atom. The minimum Gasteiger partial charge on any atom is -0.375 e. The number of pyridine rings is 1. The maximum Gasteiger partial charge on any atom is 0.321 e. The molecular weight excluding hydrogens is 314 g/mol. The molecule has 7 nitrogen and oxygen atoms in total. The first-order valence-electron chi connectivity index (χ1n) is 7.46. The van der Waals surface area contributed by atoms with Crippen molar-refractivity contribution in [2.24, 2.45) is 0 Å². The SMILES string of the molecule is C[C@@H]1CN(c2ccc(CNC(=O)Nc3nccs3)cn2)CCO1. The van der Waals surface area contributed by atoms with E-state index in [0.29, 0.717) is 11.7 Å². The van der Waals surface area contributed by atoms with Crippen LogP contribution >= 0.6 is 11.3 Å². The third-order valence-electron chi connectivity index (χ3n) is 3.48. The molecule has 2 amide bonds. The molecule has 1 saturated heterocycles. The van der Waals surface area contributed by atoms with E-state index in [2.05, 4.69) is 32.4 Å². The van der Waals surface area contributed by atoms with Gasteiger partial charge in [0.1, 0.15) is 5.82 Å². The molecule has 0 spiro atoms. The van der Waals surface area contributed by atoms with Crippen LogP contribution in [0.3, 0.4) is 0 Å². The predicted molar refractivity (Wildman–Crippen MR) is 89.8 cm³/mol. The van der Waals surface area contributed by atoms with Gasteiger partial charge in [-0.05, 0) is 18.6 Å². The lowest BCUT2D eigenvalue weighted by Crippen LogP contribution is -2.41. The molecule has 2 aromatic heterocycles.